The van der Waals surface area contributed by atoms with Crippen molar-refractivity contribution < 1.29 is 0 Å². The molecule has 0 aliphatic heterocycles. The number of fused-ring (bicyclic) bond motifs is 14. The summed E-state index contributed by atoms with van der Waals surface area (Å²) in [6.45, 7) is 0. The standard InChI is InChI=1S/C52H31N3/c1-2-13-32(14-3-1)54-46-22-9-6-17-37(46)41-29-30-42-38-18-7-10-23-47(38)55(52(42)51(41)54)34-27-25-33(26-28-34)53-48-24-11-8-19-39(48)45-31-44-36-16-5-4-15-35(36)40-20-12-21-43(49(40)44)50(45)53/h1-31H. The van der Waals surface area contributed by atoms with Crippen molar-refractivity contribution >= 4 is 76.2 Å². The molecule has 3 heterocycles. The third kappa shape index (κ3) is 3.74. The van der Waals surface area contributed by atoms with E-state index in [2.05, 4.69) is 202 Å². The van der Waals surface area contributed by atoms with E-state index in [9.17, 15) is 0 Å². The van der Waals surface area contributed by atoms with E-state index in [-0.39, 0.29) is 0 Å². The average Bonchev–Trinajstić information content (AvgIpc) is 3.98. The Morgan fingerprint density at radius 3 is 1.24 bits per heavy atom. The Morgan fingerprint density at radius 1 is 0.236 bits per heavy atom. The van der Waals surface area contributed by atoms with Gasteiger partial charge < -0.3 is 13.7 Å². The molecule has 12 aromatic rings. The van der Waals surface area contributed by atoms with E-state index >= 15 is 0 Å². The maximum Gasteiger partial charge on any atom is 0.0788 e. The SMILES string of the molecule is c1ccc(-n2c3ccccc3c3ccc4c5ccccc5n(-c5ccc(-n6c7ccccc7c7cc8c9c(cccc9c76)-c6ccccc6-8)cc5)c4c32)cc1. The second-order valence-electron chi connectivity index (χ2n) is 14.9. The number of hydrogen-bond acceptors (Lipinski definition) is 0. The van der Waals surface area contributed by atoms with E-state index in [4.69, 9.17) is 0 Å². The van der Waals surface area contributed by atoms with Crippen LogP contribution >= 0.6 is 0 Å². The van der Waals surface area contributed by atoms with Gasteiger partial charge in [0.15, 0.2) is 0 Å². The second-order valence-corrected chi connectivity index (χ2v) is 14.9. The summed E-state index contributed by atoms with van der Waals surface area (Å²) in [6, 6.07) is 69.3. The number of nitrogens with zero attached hydrogens (tertiary/aromatic N) is 3. The highest BCUT2D eigenvalue weighted by molar-refractivity contribution is 6.28. The molecular formula is C52H31N3. The third-order valence-electron chi connectivity index (χ3n) is 12.1. The van der Waals surface area contributed by atoms with Gasteiger partial charge in [-0.15, -0.1) is 0 Å². The molecule has 9 aromatic carbocycles. The van der Waals surface area contributed by atoms with E-state index in [0.717, 1.165) is 17.1 Å². The van der Waals surface area contributed by atoms with Gasteiger partial charge in [-0.2, -0.15) is 0 Å². The number of aromatic nitrogens is 3. The van der Waals surface area contributed by atoms with Crippen LogP contribution in [0.3, 0.4) is 0 Å². The fourth-order valence-electron chi connectivity index (χ4n) is 9.96. The van der Waals surface area contributed by atoms with Crippen LogP contribution in [0, 0.1) is 0 Å². The Morgan fingerprint density at radius 2 is 0.655 bits per heavy atom. The summed E-state index contributed by atoms with van der Waals surface area (Å²) in [7, 11) is 0. The molecule has 0 amide bonds. The van der Waals surface area contributed by atoms with Gasteiger partial charge in [-0.05, 0) is 88.3 Å². The van der Waals surface area contributed by atoms with Crippen molar-refractivity contribution in [2.45, 2.75) is 0 Å². The van der Waals surface area contributed by atoms with Crippen molar-refractivity contribution in [2.24, 2.45) is 0 Å². The van der Waals surface area contributed by atoms with E-state index in [1.165, 1.54) is 98.4 Å². The predicted molar refractivity (Wildman–Crippen MR) is 231 cm³/mol. The van der Waals surface area contributed by atoms with E-state index < -0.39 is 0 Å². The number of rotatable bonds is 3. The zero-order chi connectivity index (χ0) is 35.8. The highest BCUT2D eigenvalue weighted by Crippen LogP contribution is 2.51. The minimum atomic E-state index is 1.14. The van der Waals surface area contributed by atoms with Gasteiger partial charge in [0.25, 0.3) is 0 Å². The first kappa shape index (κ1) is 29.1. The van der Waals surface area contributed by atoms with Crippen molar-refractivity contribution in [2.75, 3.05) is 0 Å². The lowest BCUT2D eigenvalue weighted by Crippen LogP contribution is -2.00. The lowest BCUT2D eigenvalue weighted by atomic mass is 9.99. The van der Waals surface area contributed by atoms with Crippen LogP contribution in [0.15, 0.2) is 188 Å². The van der Waals surface area contributed by atoms with Gasteiger partial charge in [0.05, 0.1) is 33.1 Å². The van der Waals surface area contributed by atoms with Crippen LogP contribution in [0.5, 0.6) is 0 Å². The van der Waals surface area contributed by atoms with Crippen LogP contribution < -0.4 is 0 Å². The highest BCUT2D eigenvalue weighted by atomic mass is 15.0. The average molecular weight is 698 g/mol. The molecule has 0 N–H and O–H groups in total. The van der Waals surface area contributed by atoms with Crippen molar-refractivity contribution in [1.29, 1.82) is 0 Å². The first-order valence-corrected chi connectivity index (χ1v) is 19.0. The summed E-state index contributed by atoms with van der Waals surface area (Å²) in [6.07, 6.45) is 0. The van der Waals surface area contributed by atoms with Crippen LogP contribution in [0.2, 0.25) is 0 Å². The molecule has 1 aliphatic rings. The molecule has 0 saturated carbocycles. The summed E-state index contributed by atoms with van der Waals surface area (Å²) in [5.74, 6) is 0. The molecule has 0 saturated heterocycles. The molecule has 254 valence electrons. The Labute approximate surface area is 316 Å². The molecule has 0 atom stereocenters. The smallest absolute Gasteiger partial charge is 0.0788 e. The molecule has 0 fully saturated rings. The first-order chi connectivity index (χ1) is 27.3. The predicted octanol–water partition coefficient (Wildman–Crippen LogP) is 13.8. The van der Waals surface area contributed by atoms with Crippen molar-refractivity contribution in [3.8, 4) is 39.3 Å². The Balaban J connectivity index is 1.10. The number of para-hydroxylation sites is 4. The number of benzene rings is 9. The zero-order valence-electron chi connectivity index (χ0n) is 29.7. The summed E-state index contributed by atoms with van der Waals surface area (Å²) in [5, 5.41) is 10.2. The molecule has 0 bridgehead atoms. The Kier molecular flexibility index (Phi) is 5.63. The molecule has 55 heavy (non-hydrogen) atoms. The quantitative estimate of drug-likeness (QED) is 0.175. The molecule has 0 radical (unpaired) electrons. The van der Waals surface area contributed by atoms with Gasteiger partial charge in [0.1, 0.15) is 0 Å². The van der Waals surface area contributed by atoms with Gasteiger partial charge in [-0.25, -0.2) is 0 Å². The summed E-state index contributed by atoms with van der Waals surface area (Å²) in [4.78, 5) is 0. The molecule has 3 nitrogen and oxygen atoms in total. The molecule has 1 aliphatic carbocycles. The van der Waals surface area contributed by atoms with E-state index in [1.807, 2.05) is 0 Å². The Bertz CT molecular complexity index is 3580. The van der Waals surface area contributed by atoms with Crippen LogP contribution in [-0.2, 0) is 0 Å². The summed E-state index contributed by atoms with van der Waals surface area (Å²) < 4.78 is 7.42. The Hall–Kier alpha value is -7.36. The highest BCUT2D eigenvalue weighted by Gasteiger charge is 2.26. The minimum absolute atomic E-state index is 1.14. The molecule has 0 spiro atoms. The molecule has 3 aromatic heterocycles. The topological polar surface area (TPSA) is 14.8 Å². The fraction of sp³-hybridized carbons (Fsp3) is 0. The maximum absolute atomic E-state index is 2.48. The van der Waals surface area contributed by atoms with Crippen LogP contribution in [0.25, 0.3) is 116 Å². The van der Waals surface area contributed by atoms with Crippen LogP contribution in [0.4, 0.5) is 0 Å². The monoisotopic (exact) mass is 697 g/mol. The van der Waals surface area contributed by atoms with Gasteiger partial charge in [0.2, 0.25) is 0 Å². The maximum atomic E-state index is 2.48. The van der Waals surface area contributed by atoms with Gasteiger partial charge in [-0.3, -0.25) is 0 Å². The van der Waals surface area contributed by atoms with Gasteiger partial charge in [-0.1, -0.05) is 127 Å². The molecule has 0 unspecified atom stereocenters. The minimum Gasteiger partial charge on any atom is -0.309 e. The summed E-state index contributed by atoms with van der Waals surface area (Å²) >= 11 is 0. The first-order valence-electron chi connectivity index (χ1n) is 19.0. The largest absolute Gasteiger partial charge is 0.309 e. The lowest BCUT2D eigenvalue weighted by Gasteiger charge is -2.14. The molecular weight excluding hydrogens is 667 g/mol. The van der Waals surface area contributed by atoms with Crippen LogP contribution in [-0.4, -0.2) is 13.7 Å². The van der Waals surface area contributed by atoms with Crippen molar-refractivity contribution in [3.05, 3.63) is 188 Å². The molecule has 13 rings (SSSR count). The zero-order valence-corrected chi connectivity index (χ0v) is 29.7. The molecule has 3 heteroatoms. The fourth-order valence-corrected chi connectivity index (χ4v) is 9.96. The van der Waals surface area contributed by atoms with Crippen molar-refractivity contribution in [3.63, 3.8) is 0 Å². The normalized spacial score (nSPS) is 12.4. The van der Waals surface area contributed by atoms with Gasteiger partial charge in [0, 0.05) is 54.8 Å². The lowest BCUT2D eigenvalue weighted by molar-refractivity contribution is 1.14. The second kappa shape index (κ2) is 10.6. The summed E-state index contributed by atoms with van der Waals surface area (Å²) in [5.41, 5.74) is 16.1. The van der Waals surface area contributed by atoms with Crippen molar-refractivity contribution in [1.82, 2.24) is 13.7 Å². The van der Waals surface area contributed by atoms with Gasteiger partial charge >= 0.3 is 0 Å². The number of hydrogen-bond donors (Lipinski definition) is 0. The van der Waals surface area contributed by atoms with E-state index in [1.54, 1.807) is 0 Å². The van der Waals surface area contributed by atoms with E-state index in [0.29, 0.717) is 0 Å². The third-order valence-corrected chi connectivity index (χ3v) is 12.1. The van der Waals surface area contributed by atoms with Crippen LogP contribution in [0.1, 0.15) is 0 Å².